The number of amides is 1. The van der Waals surface area contributed by atoms with Gasteiger partial charge in [-0.05, 0) is 33.6 Å². The Morgan fingerprint density at radius 1 is 1.44 bits per heavy atom. The molecule has 0 aromatic heterocycles. The standard InChI is InChI=1S/C10H20N2O5S/c1-10(2,3)17-9(13)12-6-4-5-8(12)7-16-18(11,14)15/h8H,4-7H2,1-3H3,(H2,11,14,15). The summed E-state index contributed by atoms with van der Waals surface area (Å²) < 4.78 is 31.2. The number of hydrogen-bond acceptors (Lipinski definition) is 5. The topological polar surface area (TPSA) is 98.9 Å². The van der Waals surface area contributed by atoms with Crippen LogP contribution in [0.5, 0.6) is 0 Å². The first-order chi connectivity index (χ1) is 8.08. The number of carbonyl (C=O) groups excluding carboxylic acids is 1. The van der Waals surface area contributed by atoms with E-state index in [-0.39, 0.29) is 12.6 Å². The second-order valence-electron chi connectivity index (χ2n) is 5.25. The third-order valence-electron chi connectivity index (χ3n) is 2.43. The molecular weight excluding hydrogens is 260 g/mol. The molecule has 18 heavy (non-hydrogen) atoms. The zero-order valence-electron chi connectivity index (χ0n) is 10.9. The van der Waals surface area contributed by atoms with Gasteiger partial charge in [0.15, 0.2) is 0 Å². The van der Waals surface area contributed by atoms with Crippen molar-refractivity contribution in [2.45, 2.75) is 45.3 Å². The number of likely N-dealkylation sites (tertiary alicyclic amines) is 1. The Morgan fingerprint density at radius 2 is 2.06 bits per heavy atom. The molecule has 1 heterocycles. The molecule has 1 rings (SSSR count). The Bertz CT molecular complexity index is 401. The number of nitrogens with two attached hydrogens (primary N) is 1. The van der Waals surface area contributed by atoms with Gasteiger partial charge in [0.05, 0.1) is 12.6 Å². The number of ether oxygens (including phenoxy) is 1. The molecule has 0 bridgehead atoms. The fourth-order valence-electron chi connectivity index (χ4n) is 1.74. The van der Waals surface area contributed by atoms with Gasteiger partial charge in [-0.1, -0.05) is 0 Å². The summed E-state index contributed by atoms with van der Waals surface area (Å²) in [5.41, 5.74) is -0.578. The van der Waals surface area contributed by atoms with E-state index in [0.29, 0.717) is 13.0 Å². The van der Waals surface area contributed by atoms with Crippen LogP contribution in [-0.4, -0.2) is 44.2 Å². The van der Waals surface area contributed by atoms with Gasteiger partial charge in [-0.2, -0.15) is 8.42 Å². The zero-order valence-corrected chi connectivity index (χ0v) is 11.7. The van der Waals surface area contributed by atoms with E-state index in [2.05, 4.69) is 4.18 Å². The predicted molar refractivity (Wildman–Crippen MR) is 65.0 cm³/mol. The van der Waals surface area contributed by atoms with Gasteiger partial charge in [0.2, 0.25) is 0 Å². The van der Waals surface area contributed by atoms with E-state index in [4.69, 9.17) is 9.88 Å². The lowest BCUT2D eigenvalue weighted by Gasteiger charge is -2.28. The van der Waals surface area contributed by atoms with Crippen molar-refractivity contribution in [1.82, 2.24) is 4.90 Å². The normalized spacial score (nSPS) is 21.1. The van der Waals surface area contributed by atoms with Gasteiger partial charge >= 0.3 is 16.4 Å². The van der Waals surface area contributed by atoms with Crippen LogP contribution in [0.3, 0.4) is 0 Å². The van der Waals surface area contributed by atoms with Crippen LogP contribution < -0.4 is 5.14 Å². The Morgan fingerprint density at radius 3 is 2.56 bits per heavy atom. The average Bonchev–Trinajstić information content (AvgIpc) is 2.58. The molecule has 1 atom stereocenters. The van der Waals surface area contributed by atoms with Crippen LogP contribution >= 0.6 is 0 Å². The van der Waals surface area contributed by atoms with Crippen molar-refractivity contribution >= 4 is 16.4 Å². The molecule has 0 aromatic carbocycles. The van der Waals surface area contributed by atoms with Crippen LogP contribution in [0.1, 0.15) is 33.6 Å². The summed E-state index contributed by atoms with van der Waals surface area (Å²) in [7, 11) is -3.97. The van der Waals surface area contributed by atoms with E-state index < -0.39 is 22.0 Å². The molecule has 2 N–H and O–H groups in total. The van der Waals surface area contributed by atoms with Gasteiger partial charge in [-0.15, -0.1) is 0 Å². The lowest BCUT2D eigenvalue weighted by Crippen LogP contribution is -2.42. The molecule has 0 aromatic rings. The number of rotatable bonds is 3. The molecule has 0 saturated carbocycles. The van der Waals surface area contributed by atoms with Gasteiger partial charge in [0.1, 0.15) is 5.60 Å². The molecule has 106 valence electrons. The van der Waals surface area contributed by atoms with Gasteiger partial charge in [0, 0.05) is 6.54 Å². The summed E-state index contributed by atoms with van der Waals surface area (Å²) in [4.78, 5) is 13.3. The fourth-order valence-corrected chi connectivity index (χ4v) is 2.09. The van der Waals surface area contributed by atoms with Crippen molar-refractivity contribution in [3.05, 3.63) is 0 Å². The maximum Gasteiger partial charge on any atom is 0.410 e. The van der Waals surface area contributed by atoms with Crippen molar-refractivity contribution in [2.24, 2.45) is 5.14 Å². The van der Waals surface area contributed by atoms with Crippen molar-refractivity contribution < 1.29 is 22.1 Å². The molecule has 0 aliphatic carbocycles. The minimum atomic E-state index is -3.97. The monoisotopic (exact) mass is 280 g/mol. The third kappa shape index (κ3) is 5.19. The highest BCUT2D eigenvalue weighted by Crippen LogP contribution is 2.21. The summed E-state index contributed by atoms with van der Waals surface area (Å²) in [6, 6.07) is -0.307. The van der Waals surface area contributed by atoms with Crippen molar-refractivity contribution in [3.8, 4) is 0 Å². The largest absolute Gasteiger partial charge is 0.444 e. The zero-order chi connectivity index (χ0) is 14.0. The fraction of sp³-hybridized carbons (Fsp3) is 0.900. The number of nitrogens with zero attached hydrogens (tertiary/aromatic N) is 1. The van der Waals surface area contributed by atoms with E-state index in [9.17, 15) is 13.2 Å². The summed E-state index contributed by atoms with van der Waals surface area (Å²) >= 11 is 0. The molecule has 1 amide bonds. The number of hydrogen-bond donors (Lipinski definition) is 1. The van der Waals surface area contributed by atoms with Gasteiger partial charge in [0.25, 0.3) is 0 Å². The Balaban J connectivity index is 2.57. The first kappa shape index (κ1) is 15.2. The van der Waals surface area contributed by atoms with E-state index in [1.165, 1.54) is 4.90 Å². The maximum atomic E-state index is 11.9. The molecule has 0 spiro atoms. The molecule has 1 aliphatic rings. The highest BCUT2D eigenvalue weighted by Gasteiger charge is 2.32. The molecule has 1 unspecified atom stereocenters. The van der Waals surface area contributed by atoms with Crippen LogP contribution in [0, 0.1) is 0 Å². The highest BCUT2D eigenvalue weighted by molar-refractivity contribution is 7.84. The molecule has 7 nitrogen and oxygen atoms in total. The Kier molecular flexibility index (Phi) is 4.57. The van der Waals surface area contributed by atoms with E-state index >= 15 is 0 Å². The summed E-state index contributed by atoms with van der Waals surface area (Å²) in [5, 5.41) is 4.75. The minimum Gasteiger partial charge on any atom is -0.444 e. The van der Waals surface area contributed by atoms with Gasteiger partial charge in [-0.3, -0.25) is 4.18 Å². The van der Waals surface area contributed by atoms with Gasteiger partial charge in [-0.25, -0.2) is 9.93 Å². The summed E-state index contributed by atoms with van der Waals surface area (Å²) in [6.45, 7) is 5.73. The van der Waals surface area contributed by atoms with Crippen molar-refractivity contribution in [2.75, 3.05) is 13.2 Å². The Hall–Kier alpha value is -0.860. The van der Waals surface area contributed by atoms with Crippen LogP contribution in [0.2, 0.25) is 0 Å². The smallest absolute Gasteiger partial charge is 0.410 e. The van der Waals surface area contributed by atoms with Crippen LogP contribution in [0.15, 0.2) is 0 Å². The minimum absolute atomic E-state index is 0.127. The van der Waals surface area contributed by atoms with E-state index in [1.54, 1.807) is 20.8 Å². The molecular formula is C10H20N2O5S. The third-order valence-corrected chi connectivity index (χ3v) is 2.89. The van der Waals surface area contributed by atoms with Crippen molar-refractivity contribution in [3.63, 3.8) is 0 Å². The molecule has 1 aliphatic heterocycles. The van der Waals surface area contributed by atoms with Gasteiger partial charge < -0.3 is 9.64 Å². The summed E-state index contributed by atoms with van der Waals surface area (Å²) in [5.74, 6) is 0. The number of carbonyl (C=O) groups is 1. The SMILES string of the molecule is CC(C)(C)OC(=O)N1CCCC1COS(N)(=O)=O. The second-order valence-corrected chi connectivity index (χ2v) is 6.47. The quantitative estimate of drug-likeness (QED) is 0.816. The first-order valence-corrected chi connectivity index (χ1v) is 7.22. The first-order valence-electron chi connectivity index (χ1n) is 5.75. The molecule has 1 saturated heterocycles. The van der Waals surface area contributed by atoms with E-state index in [1.807, 2.05) is 0 Å². The van der Waals surface area contributed by atoms with E-state index in [0.717, 1.165) is 6.42 Å². The lowest BCUT2D eigenvalue weighted by molar-refractivity contribution is 0.0189. The summed E-state index contributed by atoms with van der Waals surface area (Å²) in [6.07, 6.45) is 1.01. The molecule has 1 fully saturated rings. The average molecular weight is 280 g/mol. The van der Waals surface area contributed by atoms with Crippen LogP contribution in [0.25, 0.3) is 0 Å². The predicted octanol–water partition coefficient (Wildman–Crippen LogP) is 0.606. The molecule has 8 heteroatoms. The highest BCUT2D eigenvalue weighted by atomic mass is 32.2. The molecule has 0 radical (unpaired) electrons. The Labute approximate surface area is 107 Å². The van der Waals surface area contributed by atoms with Crippen molar-refractivity contribution in [1.29, 1.82) is 0 Å². The maximum absolute atomic E-state index is 11.9. The lowest BCUT2D eigenvalue weighted by atomic mass is 10.2. The van der Waals surface area contributed by atoms with Crippen LogP contribution in [0.4, 0.5) is 4.79 Å². The van der Waals surface area contributed by atoms with Crippen LogP contribution in [-0.2, 0) is 19.2 Å². The second kappa shape index (κ2) is 5.41.